The molecular weight excluding hydrogens is 250 g/mol. The largest absolute Gasteiger partial charge is 0.497 e. The van der Waals surface area contributed by atoms with Crippen LogP contribution in [-0.2, 0) is 0 Å². The van der Waals surface area contributed by atoms with Gasteiger partial charge in [-0.25, -0.2) is 0 Å². The van der Waals surface area contributed by atoms with Gasteiger partial charge in [-0.2, -0.15) is 0 Å². The molecule has 3 heteroatoms. The molecule has 0 aliphatic heterocycles. The highest BCUT2D eigenvalue weighted by molar-refractivity contribution is 5.43. The zero-order valence-electron chi connectivity index (χ0n) is 13.1. The van der Waals surface area contributed by atoms with E-state index in [-0.39, 0.29) is 0 Å². The Kier molecular flexibility index (Phi) is 5.30. The Hall–Kier alpha value is -1.22. The summed E-state index contributed by atoms with van der Waals surface area (Å²) in [7, 11) is 3.43. The fourth-order valence-electron chi connectivity index (χ4n) is 3.46. The molecule has 20 heavy (non-hydrogen) atoms. The first kappa shape index (κ1) is 15.2. The number of methoxy groups -OCH3 is 2. The van der Waals surface area contributed by atoms with Crippen molar-refractivity contribution < 1.29 is 9.47 Å². The quantitative estimate of drug-likeness (QED) is 0.858. The summed E-state index contributed by atoms with van der Waals surface area (Å²) in [6, 6.07) is 6.54. The van der Waals surface area contributed by atoms with Gasteiger partial charge in [-0.1, -0.05) is 32.8 Å². The molecule has 0 bridgehead atoms. The highest BCUT2D eigenvalue weighted by atomic mass is 16.5. The normalized spacial score (nSPS) is 23.6. The van der Waals surface area contributed by atoms with E-state index in [1.54, 1.807) is 14.2 Å². The lowest BCUT2D eigenvalue weighted by Crippen LogP contribution is -2.30. The summed E-state index contributed by atoms with van der Waals surface area (Å²) >= 11 is 0. The van der Waals surface area contributed by atoms with Crippen molar-refractivity contribution in [2.24, 2.45) is 11.8 Å². The molecule has 1 aromatic rings. The molecule has 2 rings (SSSR count). The van der Waals surface area contributed by atoms with Crippen LogP contribution >= 0.6 is 0 Å². The van der Waals surface area contributed by atoms with Crippen LogP contribution in [0.2, 0.25) is 0 Å². The van der Waals surface area contributed by atoms with E-state index >= 15 is 0 Å². The summed E-state index contributed by atoms with van der Waals surface area (Å²) in [5, 5.41) is 3.66. The van der Waals surface area contributed by atoms with Crippen LogP contribution in [0.3, 0.4) is 0 Å². The number of nitrogens with one attached hydrogen (secondary N) is 1. The summed E-state index contributed by atoms with van der Waals surface area (Å²) in [5.74, 6) is 3.23. The summed E-state index contributed by atoms with van der Waals surface area (Å²) in [5.41, 5.74) is 1.26. The van der Waals surface area contributed by atoms with Gasteiger partial charge in [0.1, 0.15) is 11.5 Å². The Labute approximate surface area is 122 Å². The molecule has 1 aliphatic carbocycles. The van der Waals surface area contributed by atoms with Crippen molar-refractivity contribution in [1.29, 1.82) is 0 Å². The van der Waals surface area contributed by atoms with Gasteiger partial charge in [0.15, 0.2) is 0 Å². The van der Waals surface area contributed by atoms with Gasteiger partial charge in [0.05, 0.1) is 14.2 Å². The first-order chi connectivity index (χ1) is 9.71. The summed E-state index contributed by atoms with van der Waals surface area (Å²) in [6.45, 7) is 5.52. The number of rotatable bonds is 6. The molecule has 1 aliphatic rings. The topological polar surface area (TPSA) is 30.5 Å². The number of hydrogen-bond acceptors (Lipinski definition) is 3. The average Bonchev–Trinajstić information content (AvgIpc) is 2.90. The van der Waals surface area contributed by atoms with Gasteiger partial charge in [-0.3, -0.25) is 0 Å². The van der Waals surface area contributed by atoms with E-state index in [0.29, 0.717) is 12.0 Å². The molecule has 1 fully saturated rings. The fourth-order valence-corrected chi connectivity index (χ4v) is 3.46. The Bertz CT molecular complexity index is 433. The predicted molar refractivity (Wildman–Crippen MR) is 82.5 cm³/mol. The van der Waals surface area contributed by atoms with Gasteiger partial charge in [0.2, 0.25) is 0 Å². The molecule has 1 saturated carbocycles. The second-order valence-electron chi connectivity index (χ2n) is 5.72. The van der Waals surface area contributed by atoms with Gasteiger partial charge in [-0.05, 0) is 30.9 Å². The Morgan fingerprint density at radius 1 is 1.25 bits per heavy atom. The van der Waals surface area contributed by atoms with Gasteiger partial charge in [0, 0.05) is 17.7 Å². The molecule has 112 valence electrons. The van der Waals surface area contributed by atoms with Crippen LogP contribution in [0.25, 0.3) is 0 Å². The van der Waals surface area contributed by atoms with Gasteiger partial charge < -0.3 is 14.8 Å². The van der Waals surface area contributed by atoms with Gasteiger partial charge in [0.25, 0.3) is 0 Å². The minimum atomic E-state index is 0.373. The van der Waals surface area contributed by atoms with E-state index in [0.717, 1.165) is 24.0 Å². The maximum absolute atomic E-state index is 5.59. The van der Waals surface area contributed by atoms with Crippen LogP contribution in [0.15, 0.2) is 18.2 Å². The zero-order valence-corrected chi connectivity index (χ0v) is 13.1. The molecular formula is C17H27NO2. The van der Waals surface area contributed by atoms with Crippen molar-refractivity contribution in [2.75, 3.05) is 20.8 Å². The zero-order chi connectivity index (χ0) is 14.5. The van der Waals surface area contributed by atoms with E-state index < -0.39 is 0 Å². The van der Waals surface area contributed by atoms with Gasteiger partial charge >= 0.3 is 0 Å². The van der Waals surface area contributed by atoms with Crippen molar-refractivity contribution in [2.45, 2.75) is 39.2 Å². The highest BCUT2D eigenvalue weighted by Crippen LogP contribution is 2.43. The van der Waals surface area contributed by atoms with Crippen LogP contribution in [0.4, 0.5) is 0 Å². The maximum Gasteiger partial charge on any atom is 0.127 e. The monoisotopic (exact) mass is 277 g/mol. The van der Waals surface area contributed by atoms with Gasteiger partial charge in [-0.15, -0.1) is 0 Å². The van der Waals surface area contributed by atoms with Crippen LogP contribution < -0.4 is 14.8 Å². The summed E-state index contributed by atoms with van der Waals surface area (Å²) in [4.78, 5) is 0. The minimum absolute atomic E-state index is 0.373. The Morgan fingerprint density at radius 3 is 2.60 bits per heavy atom. The number of benzene rings is 1. The van der Waals surface area contributed by atoms with Crippen molar-refractivity contribution in [3.8, 4) is 11.5 Å². The van der Waals surface area contributed by atoms with Crippen molar-refractivity contribution in [3.63, 3.8) is 0 Å². The third-order valence-corrected chi connectivity index (χ3v) is 4.56. The first-order valence-corrected chi connectivity index (χ1v) is 7.66. The smallest absolute Gasteiger partial charge is 0.127 e. The van der Waals surface area contributed by atoms with Crippen LogP contribution in [0, 0.1) is 11.8 Å². The van der Waals surface area contributed by atoms with E-state index in [9.17, 15) is 0 Å². The lowest BCUT2D eigenvalue weighted by atomic mass is 9.85. The minimum Gasteiger partial charge on any atom is -0.497 e. The van der Waals surface area contributed by atoms with E-state index in [2.05, 4.69) is 25.2 Å². The molecule has 0 spiro atoms. The third-order valence-electron chi connectivity index (χ3n) is 4.56. The third kappa shape index (κ3) is 3.09. The Balaban J connectivity index is 2.33. The molecule has 0 aromatic heterocycles. The van der Waals surface area contributed by atoms with Crippen LogP contribution in [-0.4, -0.2) is 20.8 Å². The SMILES string of the molecule is CCNC(c1ccc(OC)cc1OC)C1CCCC1C. The van der Waals surface area contributed by atoms with Crippen molar-refractivity contribution >= 4 is 0 Å². The maximum atomic E-state index is 5.59. The summed E-state index contributed by atoms with van der Waals surface area (Å²) in [6.07, 6.45) is 3.98. The predicted octanol–water partition coefficient (Wildman–Crippen LogP) is 3.79. The summed E-state index contributed by atoms with van der Waals surface area (Å²) < 4.78 is 10.9. The molecule has 0 heterocycles. The lowest BCUT2D eigenvalue weighted by Gasteiger charge is -2.29. The Morgan fingerprint density at radius 2 is 2.05 bits per heavy atom. The van der Waals surface area contributed by atoms with E-state index in [4.69, 9.17) is 9.47 Å². The second-order valence-corrected chi connectivity index (χ2v) is 5.72. The first-order valence-electron chi connectivity index (χ1n) is 7.66. The van der Waals surface area contributed by atoms with E-state index in [1.807, 2.05) is 12.1 Å². The standard InChI is InChI=1S/C17H27NO2/c1-5-18-17(14-8-6-7-12(14)2)15-10-9-13(19-3)11-16(15)20-4/h9-12,14,17-18H,5-8H2,1-4H3. The fraction of sp³-hybridized carbons (Fsp3) is 0.647. The molecule has 0 radical (unpaired) electrons. The molecule has 0 saturated heterocycles. The second kappa shape index (κ2) is 6.98. The molecule has 0 amide bonds. The molecule has 3 atom stereocenters. The molecule has 3 unspecified atom stereocenters. The van der Waals surface area contributed by atoms with Crippen LogP contribution in [0.5, 0.6) is 11.5 Å². The molecule has 3 nitrogen and oxygen atoms in total. The molecule has 1 N–H and O–H groups in total. The molecule has 1 aromatic carbocycles. The van der Waals surface area contributed by atoms with Crippen molar-refractivity contribution in [1.82, 2.24) is 5.32 Å². The van der Waals surface area contributed by atoms with Crippen molar-refractivity contribution in [3.05, 3.63) is 23.8 Å². The number of ether oxygens (including phenoxy) is 2. The number of hydrogen-bond donors (Lipinski definition) is 1. The highest BCUT2D eigenvalue weighted by Gasteiger charge is 2.32. The van der Waals surface area contributed by atoms with E-state index in [1.165, 1.54) is 24.8 Å². The average molecular weight is 277 g/mol. The lowest BCUT2D eigenvalue weighted by molar-refractivity contribution is 0.295. The van der Waals surface area contributed by atoms with Crippen LogP contribution in [0.1, 0.15) is 44.7 Å².